The Morgan fingerprint density at radius 3 is 2.39 bits per heavy atom. The second-order valence-electron chi connectivity index (χ2n) is 10.8. The first kappa shape index (κ1) is 27.5. The number of rotatable bonds is 8. The van der Waals surface area contributed by atoms with E-state index in [0.29, 0.717) is 18.3 Å². The molecule has 0 spiro atoms. The third-order valence-corrected chi connectivity index (χ3v) is 7.96. The highest BCUT2D eigenvalue weighted by molar-refractivity contribution is 6.51. The van der Waals surface area contributed by atoms with Crippen molar-refractivity contribution in [2.75, 3.05) is 23.9 Å². The number of nitrogens with one attached hydrogen (secondary N) is 1. The van der Waals surface area contributed by atoms with Gasteiger partial charge in [0.25, 0.3) is 0 Å². The normalized spacial score (nSPS) is 15.0. The number of unbranched alkanes of at least 4 members (excludes halogenated alkanes) is 1. The van der Waals surface area contributed by atoms with E-state index in [1.54, 1.807) is 7.11 Å². The Morgan fingerprint density at radius 2 is 1.59 bits per heavy atom. The van der Waals surface area contributed by atoms with Gasteiger partial charge in [-0.25, -0.2) is 14.7 Å². The molecule has 0 saturated carbocycles. The predicted molar refractivity (Wildman–Crippen MR) is 177 cm³/mol. The Hall–Kier alpha value is -5.37. The summed E-state index contributed by atoms with van der Waals surface area (Å²) in [6.07, 6.45) is 2.13. The van der Waals surface area contributed by atoms with Crippen molar-refractivity contribution in [3.05, 3.63) is 120 Å². The largest absolute Gasteiger partial charge is 0.496 e. The Kier molecular flexibility index (Phi) is 7.32. The van der Waals surface area contributed by atoms with Gasteiger partial charge in [-0.15, -0.1) is 0 Å². The molecule has 3 heterocycles. The summed E-state index contributed by atoms with van der Waals surface area (Å²) in [5.74, 6) is 3.76. The topological polar surface area (TPSA) is 76.3 Å². The maximum Gasteiger partial charge on any atom is 0.179 e. The number of nitrogens with zero attached hydrogens (tertiary/aromatic N) is 5. The van der Waals surface area contributed by atoms with Crippen LogP contribution in [0.1, 0.15) is 42.6 Å². The van der Waals surface area contributed by atoms with E-state index in [2.05, 4.69) is 36.2 Å². The van der Waals surface area contributed by atoms with Crippen LogP contribution in [-0.4, -0.2) is 35.2 Å². The zero-order valence-electron chi connectivity index (χ0n) is 25.1. The molecular formula is C36H34N6O2. The van der Waals surface area contributed by atoms with E-state index in [0.717, 1.165) is 69.7 Å². The van der Waals surface area contributed by atoms with Gasteiger partial charge in [-0.3, -0.25) is 0 Å². The number of aromatic nitrogens is 2. The van der Waals surface area contributed by atoms with E-state index in [9.17, 15) is 0 Å². The zero-order chi connectivity index (χ0) is 30.0. The van der Waals surface area contributed by atoms with Crippen molar-refractivity contribution in [1.29, 1.82) is 0 Å². The van der Waals surface area contributed by atoms with Gasteiger partial charge in [0, 0.05) is 16.8 Å². The van der Waals surface area contributed by atoms with Crippen molar-refractivity contribution in [2.24, 2.45) is 9.98 Å². The van der Waals surface area contributed by atoms with Gasteiger partial charge in [0.2, 0.25) is 0 Å². The van der Waals surface area contributed by atoms with Crippen molar-refractivity contribution in [3.8, 4) is 17.2 Å². The third-order valence-electron chi connectivity index (χ3n) is 7.96. The third kappa shape index (κ3) is 4.88. The van der Waals surface area contributed by atoms with Crippen molar-refractivity contribution in [1.82, 2.24) is 9.78 Å². The number of ether oxygens (including phenoxy) is 2. The van der Waals surface area contributed by atoms with Crippen LogP contribution in [0.4, 0.5) is 22.9 Å². The van der Waals surface area contributed by atoms with Gasteiger partial charge < -0.3 is 19.7 Å². The van der Waals surface area contributed by atoms with Crippen LogP contribution in [0.2, 0.25) is 0 Å². The predicted octanol–water partition coefficient (Wildman–Crippen LogP) is 8.16. The summed E-state index contributed by atoms with van der Waals surface area (Å²) in [6.45, 7) is 4.92. The minimum Gasteiger partial charge on any atom is -0.496 e. The van der Waals surface area contributed by atoms with Gasteiger partial charge in [-0.2, -0.15) is 5.10 Å². The molecule has 0 radical (unpaired) electrons. The summed E-state index contributed by atoms with van der Waals surface area (Å²) in [6, 6.07) is 34.2. The van der Waals surface area contributed by atoms with Crippen molar-refractivity contribution < 1.29 is 9.47 Å². The average molecular weight is 583 g/mol. The highest BCUT2D eigenvalue weighted by Crippen LogP contribution is 2.49. The second-order valence-corrected chi connectivity index (χ2v) is 10.8. The number of anilines is 2. The zero-order valence-corrected chi connectivity index (χ0v) is 25.1. The summed E-state index contributed by atoms with van der Waals surface area (Å²) < 4.78 is 13.8. The van der Waals surface area contributed by atoms with Gasteiger partial charge in [-0.1, -0.05) is 61.9 Å². The minimum atomic E-state index is -0.270. The van der Waals surface area contributed by atoms with Crippen LogP contribution in [0.25, 0.3) is 5.69 Å². The molecule has 0 fully saturated rings. The molecule has 0 unspecified atom stereocenters. The molecule has 7 rings (SSSR count). The molecule has 2 aliphatic heterocycles. The molecule has 8 nitrogen and oxygen atoms in total. The summed E-state index contributed by atoms with van der Waals surface area (Å²) in [4.78, 5) is 12.7. The molecule has 1 aromatic heterocycles. The lowest BCUT2D eigenvalue weighted by Gasteiger charge is -2.41. The molecule has 44 heavy (non-hydrogen) atoms. The highest BCUT2D eigenvalue weighted by atomic mass is 16.5. The van der Waals surface area contributed by atoms with Crippen LogP contribution in [0.15, 0.2) is 113 Å². The fourth-order valence-electron chi connectivity index (χ4n) is 5.84. The minimum absolute atomic E-state index is 0.270. The fraction of sp³-hybridized carbons (Fsp3) is 0.194. The van der Waals surface area contributed by atoms with Crippen LogP contribution in [-0.2, 0) is 0 Å². The van der Waals surface area contributed by atoms with Gasteiger partial charge in [0.15, 0.2) is 17.5 Å². The molecule has 8 heteroatoms. The summed E-state index contributed by atoms with van der Waals surface area (Å²) >= 11 is 0. The molecule has 0 saturated heterocycles. The van der Waals surface area contributed by atoms with E-state index in [1.165, 1.54) is 0 Å². The summed E-state index contributed by atoms with van der Waals surface area (Å²) in [7, 11) is 1.71. The number of aryl methyl sites for hydroxylation is 1. The van der Waals surface area contributed by atoms with E-state index < -0.39 is 0 Å². The number of hydrogen-bond acceptors (Lipinski definition) is 7. The molecule has 1 atom stereocenters. The lowest BCUT2D eigenvalue weighted by atomic mass is 9.92. The van der Waals surface area contributed by atoms with Crippen LogP contribution < -0.4 is 19.7 Å². The smallest absolute Gasteiger partial charge is 0.179 e. The van der Waals surface area contributed by atoms with Crippen LogP contribution >= 0.6 is 0 Å². The fourth-order valence-corrected chi connectivity index (χ4v) is 5.84. The molecule has 220 valence electrons. The van der Waals surface area contributed by atoms with E-state index >= 15 is 0 Å². The SMILES string of the molecule is CCCCOc1ccc(NC2=Nc3ccccc3N3C2=Nc2c(c(C)nn2-c2ccccc2)[C@H]3c2ccccc2OC)cc1. The summed E-state index contributed by atoms with van der Waals surface area (Å²) in [5, 5.41) is 8.60. The quantitative estimate of drug-likeness (QED) is 0.187. The molecule has 4 aromatic carbocycles. The van der Waals surface area contributed by atoms with Crippen LogP contribution in [0.5, 0.6) is 11.5 Å². The van der Waals surface area contributed by atoms with Crippen molar-refractivity contribution in [3.63, 3.8) is 0 Å². The number of benzene rings is 4. The Morgan fingerprint density at radius 1 is 0.841 bits per heavy atom. The van der Waals surface area contributed by atoms with Crippen molar-refractivity contribution >= 4 is 34.6 Å². The Balaban J connectivity index is 1.40. The molecule has 0 aliphatic carbocycles. The molecule has 2 aliphatic rings. The molecule has 0 bridgehead atoms. The lowest BCUT2D eigenvalue weighted by Crippen LogP contribution is -2.46. The maximum absolute atomic E-state index is 5.93. The maximum atomic E-state index is 5.93. The first-order chi connectivity index (χ1) is 21.7. The molecule has 0 amide bonds. The van der Waals surface area contributed by atoms with Gasteiger partial charge in [0.1, 0.15) is 11.5 Å². The number of methoxy groups -OCH3 is 1. The van der Waals surface area contributed by atoms with E-state index in [1.807, 2.05) is 95.7 Å². The molecular weight excluding hydrogens is 548 g/mol. The number of fused-ring (bicyclic) bond motifs is 4. The van der Waals surface area contributed by atoms with Gasteiger partial charge >= 0.3 is 0 Å². The number of aliphatic imine (C=N–C) groups is 2. The molecule has 1 N–H and O–H groups in total. The van der Waals surface area contributed by atoms with E-state index in [-0.39, 0.29) is 6.04 Å². The van der Waals surface area contributed by atoms with Crippen molar-refractivity contribution in [2.45, 2.75) is 32.7 Å². The second kappa shape index (κ2) is 11.7. The lowest BCUT2D eigenvalue weighted by molar-refractivity contribution is 0.309. The van der Waals surface area contributed by atoms with E-state index in [4.69, 9.17) is 24.6 Å². The average Bonchev–Trinajstić information content (AvgIpc) is 3.41. The monoisotopic (exact) mass is 582 g/mol. The standard InChI is InChI=1S/C36H34N6O2/c1-4-5-23-44-27-21-19-25(20-22-27)37-34-36-39-35-32(24(2)40-42(35)26-13-7-6-8-14-26)33(28-15-9-12-18-31(28)43-3)41(36)30-17-11-10-16-29(30)38-34/h6-22,33H,4-5,23H2,1-3H3,(H,37,38)/t33-/m1/s1. The first-order valence-electron chi connectivity index (χ1n) is 15.0. The number of amidine groups is 2. The number of hydrogen-bond donors (Lipinski definition) is 1. The van der Waals surface area contributed by atoms with Gasteiger partial charge in [-0.05, 0) is 67.9 Å². The Labute approximate surface area is 257 Å². The highest BCUT2D eigenvalue weighted by Gasteiger charge is 2.42. The first-order valence-corrected chi connectivity index (χ1v) is 15.0. The van der Waals surface area contributed by atoms with Crippen LogP contribution in [0.3, 0.4) is 0 Å². The van der Waals surface area contributed by atoms with Crippen LogP contribution in [0, 0.1) is 6.92 Å². The number of para-hydroxylation sites is 4. The Bertz CT molecular complexity index is 1860. The summed E-state index contributed by atoms with van der Waals surface area (Å²) in [5.41, 5.74) is 6.58. The van der Waals surface area contributed by atoms with Gasteiger partial charge in [0.05, 0.1) is 42.5 Å². The molecule has 5 aromatic rings.